The fraction of sp³-hybridized carbons (Fsp3) is 0.600. The molecule has 0 aromatic heterocycles. The molecule has 0 saturated heterocycles. The number of fused-ring (bicyclic) bond motifs is 1. The lowest BCUT2D eigenvalue weighted by molar-refractivity contribution is 0.155. The van der Waals surface area contributed by atoms with Gasteiger partial charge in [-0.25, -0.2) is 0 Å². The van der Waals surface area contributed by atoms with Gasteiger partial charge in [-0.15, -0.1) is 0 Å². The highest BCUT2D eigenvalue weighted by atomic mass is 16.7. The monoisotopic (exact) mass is 263 g/mol. The average molecular weight is 263 g/mol. The van der Waals surface area contributed by atoms with Crippen LogP contribution in [0.1, 0.15) is 32.1 Å². The van der Waals surface area contributed by atoms with Gasteiger partial charge in [-0.05, 0) is 24.5 Å². The molecule has 2 N–H and O–H groups in total. The summed E-state index contributed by atoms with van der Waals surface area (Å²) < 4.78 is 10.6. The largest absolute Gasteiger partial charge is 0.454 e. The van der Waals surface area contributed by atoms with Gasteiger partial charge in [-0.2, -0.15) is 0 Å². The van der Waals surface area contributed by atoms with Crippen LogP contribution in [0.2, 0.25) is 0 Å². The molecule has 1 aromatic rings. The molecule has 3 rings (SSSR count). The number of benzene rings is 1. The molecule has 0 bridgehead atoms. The molecule has 1 aliphatic carbocycles. The Labute approximate surface area is 113 Å². The average Bonchev–Trinajstić information content (AvgIpc) is 3.06. The van der Waals surface area contributed by atoms with Crippen LogP contribution in [0.4, 0.5) is 5.69 Å². The third-order valence-corrected chi connectivity index (χ3v) is 3.99. The number of nitrogens with one attached hydrogen (secondary N) is 1. The lowest BCUT2D eigenvalue weighted by Gasteiger charge is -2.16. The standard InChI is InChI=1S/C15H21NO3/c17-13(7-11-3-1-2-4-11)9-16-12-5-6-14-15(8-12)19-10-18-14/h5-6,8,11,13,16-17H,1-4,7,9-10H2. The van der Waals surface area contributed by atoms with E-state index in [4.69, 9.17) is 9.47 Å². The van der Waals surface area contributed by atoms with Crippen LogP contribution < -0.4 is 14.8 Å². The number of aliphatic hydroxyl groups excluding tert-OH is 1. The summed E-state index contributed by atoms with van der Waals surface area (Å²) in [5, 5.41) is 13.3. The van der Waals surface area contributed by atoms with E-state index in [0.717, 1.165) is 23.6 Å². The van der Waals surface area contributed by atoms with Crippen molar-refractivity contribution in [3.8, 4) is 11.5 Å². The molecule has 2 aliphatic rings. The van der Waals surface area contributed by atoms with Crippen LogP contribution in [0, 0.1) is 5.92 Å². The lowest BCUT2D eigenvalue weighted by atomic mass is 10.00. The second-order valence-electron chi connectivity index (χ2n) is 5.49. The van der Waals surface area contributed by atoms with Crippen molar-refractivity contribution in [2.24, 2.45) is 5.92 Å². The molecule has 1 aromatic carbocycles. The lowest BCUT2D eigenvalue weighted by Crippen LogP contribution is -2.21. The molecule has 1 unspecified atom stereocenters. The zero-order chi connectivity index (χ0) is 13.1. The number of hydrogen-bond donors (Lipinski definition) is 2. The summed E-state index contributed by atoms with van der Waals surface area (Å²) >= 11 is 0. The van der Waals surface area contributed by atoms with E-state index in [-0.39, 0.29) is 6.10 Å². The molecule has 1 aliphatic heterocycles. The first-order chi connectivity index (χ1) is 9.31. The molecule has 1 saturated carbocycles. The van der Waals surface area contributed by atoms with E-state index in [9.17, 15) is 5.11 Å². The smallest absolute Gasteiger partial charge is 0.231 e. The third kappa shape index (κ3) is 3.13. The van der Waals surface area contributed by atoms with Gasteiger partial charge in [0, 0.05) is 18.3 Å². The van der Waals surface area contributed by atoms with Gasteiger partial charge in [-0.3, -0.25) is 0 Å². The van der Waals surface area contributed by atoms with Gasteiger partial charge in [0.05, 0.1) is 6.10 Å². The van der Waals surface area contributed by atoms with Crippen LogP contribution in [-0.4, -0.2) is 24.5 Å². The fourth-order valence-electron chi connectivity index (χ4n) is 2.96. The molecule has 0 spiro atoms. The molecule has 1 atom stereocenters. The summed E-state index contributed by atoms with van der Waals surface area (Å²) in [7, 11) is 0. The molecule has 4 nitrogen and oxygen atoms in total. The number of anilines is 1. The summed E-state index contributed by atoms with van der Waals surface area (Å²) in [5.74, 6) is 2.28. The first-order valence-electron chi connectivity index (χ1n) is 7.13. The molecule has 19 heavy (non-hydrogen) atoms. The molecular formula is C15H21NO3. The maximum absolute atomic E-state index is 10.0. The fourth-order valence-corrected chi connectivity index (χ4v) is 2.96. The summed E-state index contributed by atoms with van der Waals surface area (Å²) in [6, 6.07) is 5.77. The van der Waals surface area contributed by atoms with E-state index in [2.05, 4.69) is 5.32 Å². The van der Waals surface area contributed by atoms with E-state index in [1.54, 1.807) is 0 Å². The summed E-state index contributed by atoms with van der Waals surface area (Å²) in [5.41, 5.74) is 0.967. The SMILES string of the molecule is OC(CNc1ccc2c(c1)OCO2)CC1CCCC1. The third-order valence-electron chi connectivity index (χ3n) is 3.99. The summed E-state index contributed by atoms with van der Waals surface area (Å²) in [6.45, 7) is 0.888. The normalized spacial score (nSPS) is 19.6. The van der Waals surface area contributed by atoms with Gasteiger partial charge in [0.1, 0.15) is 0 Å². The highest BCUT2D eigenvalue weighted by molar-refractivity contribution is 5.55. The number of rotatable bonds is 5. The number of hydrogen-bond acceptors (Lipinski definition) is 4. The number of ether oxygens (including phenoxy) is 2. The Kier molecular flexibility index (Phi) is 3.78. The Morgan fingerprint density at radius 1 is 1.21 bits per heavy atom. The maximum atomic E-state index is 10.0. The highest BCUT2D eigenvalue weighted by Crippen LogP contribution is 2.34. The molecule has 1 heterocycles. The van der Waals surface area contributed by atoms with Gasteiger partial charge in [-0.1, -0.05) is 25.7 Å². The minimum atomic E-state index is -0.270. The quantitative estimate of drug-likeness (QED) is 0.857. The van der Waals surface area contributed by atoms with E-state index in [1.165, 1.54) is 25.7 Å². The van der Waals surface area contributed by atoms with Crippen LogP contribution in [0.5, 0.6) is 11.5 Å². The summed E-state index contributed by atoms with van der Waals surface area (Å²) in [4.78, 5) is 0. The first kappa shape index (κ1) is 12.6. The van der Waals surface area contributed by atoms with Gasteiger partial charge >= 0.3 is 0 Å². The van der Waals surface area contributed by atoms with E-state index in [1.807, 2.05) is 18.2 Å². The Morgan fingerprint density at radius 3 is 2.84 bits per heavy atom. The van der Waals surface area contributed by atoms with Crippen LogP contribution in [0.3, 0.4) is 0 Å². The van der Waals surface area contributed by atoms with E-state index < -0.39 is 0 Å². The predicted molar refractivity (Wildman–Crippen MR) is 73.6 cm³/mol. The minimum Gasteiger partial charge on any atom is -0.454 e. The van der Waals surface area contributed by atoms with Crippen LogP contribution in [0.15, 0.2) is 18.2 Å². The Balaban J connectivity index is 1.48. The molecule has 0 radical (unpaired) electrons. The summed E-state index contributed by atoms with van der Waals surface area (Å²) in [6.07, 6.45) is 5.85. The van der Waals surface area contributed by atoms with Crippen molar-refractivity contribution in [3.05, 3.63) is 18.2 Å². The Hall–Kier alpha value is -1.42. The molecule has 4 heteroatoms. The molecular weight excluding hydrogens is 242 g/mol. The number of aliphatic hydroxyl groups is 1. The molecule has 0 amide bonds. The maximum Gasteiger partial charge on any atom is 0.231 e. The van der Waals surface area contributed by atoms with Crippen molar-refractivity contribution in [2.45, 2.75) is 38.2 Å². The zero-order valence-corrected chi connectivity index (χ0v) is 11.1. The van der Waals surface area contributed by atoms with Gasteiger partial charge in [0.2, 0.25) is 6.79 Å². The van der Waals surface area contributed by atoms with E-state index in [0.29, 0.717) is 19.3 Å². The van der Waals surface area contributed by atoms with Gasteiger partial charge in [0.15, 0.2) is 11.5 Å². The van der Waals surface area contributed by atoms with Crippen LogP contribution in [-0.2, 0) is 0 Å². The van der Waals surface area contributed by atoms with E-state index >= 15 is 0 Å². The van der Waals surface area contributed by atoms with Crippen molar-refractivity contribution in [3.63, 3.8) is 0 Å². The molecule has 1 fully saturated rings. The molecule has 104 valence electrons. The van der Waals surface area contributed by atoms with Crippen molar-refractivity contribution < 1.29 is 14.6 Å². The zero-order valence-electron chi connectivity index (χ0n) is 11.1. The van der Waals surface area contributed by atoms with Crippen molar-refractivity contribution in [1.29, 1.82) is 0 Å². The van der Waals surface area contributed by atoms with Crippen molar-refractivity contribution in [1.82, 2.24) is 0 Å². The van der Waals surface area contributed by atoms with Gasteiger partial charge < -0.3 is 19.9 Å². The van der Waals surface area contributed by atoms with Crippen molar-refractivity contribution >= 4 is 5.69 Å². The van der Waals surface area contributed by atoms with Crippen LogP contribution in [0.25, 0.3) is 0 Å². The minimum absolute atomic E-state index is 0.270. The Morgan fingerprint density at radius 2 is 2.00 bits per heavy atom. The predicted octanol–water partition coefficient (Wildman–Crippen LogP) is 2.77. The second kappa shape index (κ2) is 5.70. The van der Waals surface area contributed by atoms with Gasteiger partial charge in [0.25, 0.3) is 0 Å². The Bertz CT molecular complexity index is 429. The van der Waals surface area contributed by atoms with Crippen molar-refractivity contribution in [2.75, 3.05) is 18.7 Å². The second-order valence-corrected chi connectivity index (χ2v) is 5.49. The topological polar surface area (TPSA) is 50.7 Å². The highest BCUT2D eigenvalue weighted by Gasteiger charge is 2.19. The first-order valence-corrected chi connectivity index (χ1v) is 7.13. The van der Waals surface area contributed by atoms with Crippen LogP contribution >= 0.6 is 0 Å².